The maximum absolute atomic E-state index is 12.3. The Bertz CT molecular complexity index is 1790. The summed E-state index contributed by atoms with van der Waals surface area (Å²) in [6.45, 7) is -0.406. The van der Waals surface area contributed by atoms with E-state index < -0.39 is 55.4 Å². The average molecular weight is 691 g/mol. The largest absolute Gasteiger partial charge is 0.582 e. The Morgan fingerprint density at radius 2 is 2.02 bits per heavy atom. The fourth-order valence-corrected chi connectivity index (χ4v) is 7.97. The van der Waals surface area contributed by atoms with Crippen molar-refractivity contribution in [3.63, 3.8) is 0 Å². The van der Waals surface area contributed by atoms with Crippen LogP contribution in [0.15, 0.2) is 29.7 Å². The van der Waals surface area contributed by atoms with Crippen LogP contribution in [0.25, 0.3) is 22.2 Å². The summed E-state index contributed by atoms with van der Waals surface area (Å²) in [6.07, 6.45) is 0.857. The van der Waals surface area contributed by atoms with Gasteiger partial charge in [0.2, 0.25) is 11.6 Å². The first-order chi connectivity index (χ1) is 20.5. The van der Waals surface area contributed by atoms with E-state index >= 15 is 0 Å². The monoisotopic (exact) mass is 690 g/mol. The molecule has 0 spiro atoms. The van der Waals surface area contributed by atoms with E-state index in [2.05, 4.69) is 49.4 Å². The third-order valence-electron chi connectivity index (χ3n) is 7.00. The van der Waals surface area contributed by atoms with E-state index in [0.717, 1.165) is 0 Å². The first-order valence-electron chi connectivity index (χ1n) is 12.7. The minimum atomic E-state index is -3.29. The van der Waals surface area contributed by atoms with E-state index in [9.17, 15) is 14.5 Å². The second kappa shape index (κ2) is 12.3. The van der Waals surface area contributed by atoms with Crippen LogP contribution >= 0.6 is 37.4 Å². The topological polar surface area (TPSA) is 230 Å². The van der Waals surface area contributed by atoms with Gasteiger partial charge in [0.15, 0.2) is 17.4 Å². The summed E-state index contributed by atoms with van der Waals surface area (Å²) < 4.78 is 45.0. The van der Waals surface area contributed by atoms with Crippen molar-refractivity contribution in [2.45, 2.75) is 49.7 Å². The first-order valence-corrected chi connectivity index (χ1v) is 18.8. The van der Waals surface area contributed by atoms with Crippen molar-refractivity contribution < 1.29 is 32.7 Å². The van der Waals surface area contributed by atoms with Crippen molar-refractivity contribution in [1.29, 1.82) is 0 Å². The Morgan fingerprint density at radius 1 is 1.21 bits per heavy atom. The highest BCUT2D eigenvalue weighted by atomic mass is 32.9. The zero-order chi connectivity index (χ0) is 30.5. The van der Waals surface area contributed by atoms with Crippen LogP contribution in [-0.4, -0.2) is 76.8 Å². The van der Waals surface area contributed by atoms with E-state index in [1.807, 2.05) is 0 Å². The molecule has 8 atom stereocenters. The highest BCUT2D eigenvalue weighted by Crippen LogP contribution is 2.57. The number of thiol groups is 2. The van der Waals surface area contributed by atoms with Crippen molar-refractivity contribution >= 4 is 83.2 Å². The number of rotatable bonds is 10. The molecular formula is C21H26N9O8P2S3+. The van der Waals surface area contributed by atoms with Crippen LogP contribution in [0.2, 0.25) is 0 Å². The molecule has 6 rings (SSSR count). The first kappa shape index (κ1) is 30.8. The van der Waals surface area contributed by atoms with Gasteiger partial charge in [0.25, 0.3) is 5.56 Å². The number of anilines is 2. The van der Waals surface area contributed by atoms with Crippen LogP contribution in [0.5, 0.6) is 0 Å². The van der Waals surface area contributed by atoms with Crippen molar-refractivity contribution in [3.05, 3.63) is 35.3 Å². The lowest BCUT2D eigenvalue weighted by atomic mass is 10.2. The van der Waals surface area contributed by atoms with Gasteiger partial charge in [-0.05, 0) is 22.4 Å². The number of nitrogen functional groups attached to an aromatic ring is 2. The molecule has 0 bridgehead atoms. The van der Waals surface area contributed by atoms with Gasteiger partial charge in [-0.2, -0.15) is 4.98 Å². The quantitative estimate of drug-likeness (QED) is 0.103. The lowest BCUT2D eigenvalue weighted by Gasteiger charge is -2.26. The van der Waals surface area contributed by atoms with E-state index in [0.29, 0.717) is 23.3 Å². The number of nitrogens with one attached hydrogen (secondary N) is 1. The molecule has 0 aromatic carbocycles. The van der Waals surface area contributed by atoms with Gasteiger partial charge in [0, 0.05) is 19.0 Å². The third-order valence-corrected chi connectivity index (χ3v) is 9.95. The molecule has 0 aliphatic carbocycles. The number of hydrogen-bond donors (Lipinski definition) is 6. The minimum Gasteiger partial charge on any atom is -0.394 e. The molecule has 0 amide bonds. The molecule has 4 aromatic heterocycles. The molecule has 17 nitrogen and oxygen atoms in total. The average Bonchev–Trinajstić information content (AvgIpc) is 3.72. The zero-order valence-corrected chi connectivity index (χ0v) is 26.3. The third kappa shape index (κ3) is 6.32. The molecule has 6 N–H and O–H groups in total. The van der Waals surface area contributed by atoms with E-state index in [4.69, 9.17) is 46.3 Å². The van der Waals surface area contributed by atoms with Crippen LogP contribution in [0.3, 0.4) is 0 Å². The van der Waals surface area contributed by atoms with Crippen LogP contribution in [0.4, 0.5) is 11.8 Å². The minimum absolute atomic E-state index is 0.0525. The lowest BCUT2D eigenvalue weighted by Crippen LogP contribution is -2.27. The van der Waals surface area contributed by atoms with Gasteiger partial charge in [0.1, 0.15) is 54.6 Å². The number of nitrogens with two attached hydrogens (primary N) is 2. The number of fused-ring (bicyclic) bond motifs is 2. The Labute approximate surface area is 259 Å². The Morgan fingerprint density at radius 3 is 2.79 bits per heavy atom. The van der Waals surface area contributed by atoms with Crippen LogP contribution in [0.1, 0.15) is 25.3 Å². The van der Waals surface area contributed by atoms with Gasteiger partial charge in [0.05, 0.1) is 31.0 Å². The Kier molecular flexibility index (Phi) is 8.80. The number of aromatic nitrogens is 7. The fraction of sp³-hybridized carbons (Fsp3) is 0.476. The molecule has 22 heteroatoms. The van der Waals surface area contributed by atoms with E-state index in [1.54, 1.807) is 16.8 Å². The molecule has 43 heavy (non-hydrogen) atoms. The molecule has 6 heterocycles. The number of aliphatic hydroxyl groups is 1. The predicted octanol–water partition coefficient (Wildman–Crippen LogP) is 1.82. The second-order valence-electron chi connectivity index (χ2n) is 9.72. The van der Waals surface area contributed by atoms with Crippen molar-refractivity contribution in [2.24, 2.45) is 0 Å². The fourth-order valence-electron chi connectivity index (χ4n) is 5.14. The van der Waals surface area contributed by atoms with Gasteiger partial charge in [-0.15, -0.1) is 4.52 Å². The van der Waals surface area contributed by atoms with Gasteiger partial charge < -0.3 is 39.7 Å². The number of hydrogen-bond acceptors (Lipinski definition) is 15. The normalized spacial score (nSPS) is 27.7. The summed E-state index contributed by atoms with van der Waals surface area (Å²) in [5.74, 6) is 0.225. The number of H-pyrrole nitrogens is 1. The summed E-state index contributed by atoms with van der Waals surface area (Å²) in [7, 11) is -2.26. The van der Waals surface area contributed by atoms with Gasteiger partial charge in [-0.25, -0.2) is 15.0 Å². The summed E-state index contributed by atoms with van der Waals surface area (Å²) >= 11 is 14.0. The maximum atomic E-state index is 12.3. The van der Waals surface area contributed by atoms with Gasteiger partial charge >= 0.3 is 7.23 Å². The summed E-state index contributed by atoms with van der Waals surface area (Å²) in [5.41, 5.74) is 8.68. The van der Waals surface area contributed by atoms with E-state index in [1.165, 1.54) is 17.2 Å². The molecule has 2 unspecified atom stereocenters. The van der Waals surface area contributed by atoms with Crippen molar-refractivity contribution in [1.82, 2.24) is 34.1 Å². The molecule has 2 fully saturated rings. The molecule has 0 saturated carbocycles. The summed E-state index contributed by atoms with van der Waals surface area (Å²) in [6, 6.07) is 1.78. The van der Waals surface area contributed by atoms with Gasteiger partial charge in [-0.3, -0.25) is 14.3 Å². The number of aromatic amines is 1. The van der Waals surface area contributed by atoms with Crippen LogP contribution in [-0.2, 0) is 39.4 Å². The number of imidazole rings is 1. The van der Waals surface area contributed by atoms with Crippen molar-refractivity contribution in [2.75, 3.05) is 24.7 Å². The van der Waals surface area contributed by atoms with E-state index in [-0.39, 0.29) is 36.7 Å². The lowest BCUT2D eigenvalue weighted by molar-refractivity contribution is -0.0477. The molecule has 230 valence electrons. The molecule has 4 aromatic rings. The van der Waals surface area contributed by atoms with Crippen molar-refractivity contribution in [3.8, 4) is 0 Å². The highest BCUT2D eigenvalue weighted by molar-refractivity contribution is 8.60. The molecule has 0 radical (unpaired) electrons. The molecule has 2 saturated heterocycles. The molecule has 2 aliphatic heterocycles. The maximum Gasteiger partial charge on any atom is 0.582 e. The zero-order valence-electron chi connectivity index (χ0n) is 21.9. The Balaban J connectivity index is 1.18. The number of nitrogens with zero attached hydrogens (tertiary/aromatic N) is 6. The Hall–Kier alpha value is -2.22. The van der Waals surface area contributed by atoms with Crippen LogP contribution < -0.4 is 17.0 Å². The molecular weight excluding hydrogens is 664 g/mol. The predicted molar refractivity (Wildman–Crippen MR) is 164 cm³/mol. The SMILES string of the molecule is Nc1nc2c(ncn2[C@@H]2O[C@H](CO)C[C@H]2OP(=S)(S)OC[C@H]2O[C@@H](n3ccc4c(N)ncnc43)C[C@@H]2O[P+](=O)S)c(=O)[nH]1. The summed E-state index contributed by atoms with van der Waals surface area (Å²) in [5, 5.41) is 10.4. The number of aliphatic hydroxyl groups excluding tert-OH is 1. The van der Waals surface area contributed by atoms with Gasteiger partial charge in [-0.1, -0.05) is 12.2 Å². The molecule has 2 aliphatic rings. The highest BCUT2D eigenvalue weighted by Gasteiger charge is 2.44. The van der Waals surface area contributed by atoms with Crippen LogP contribution in [0, 0.1) is 0 Å². The second-order valence-corrected chi connectivity index (χ2v) is 16.6. The number of ether oxygens (including phenoxy) is 2. The standard InChI is InChI=1S/C21H25N9O8P2S3/c22-16-10-1-2-29(17(10)25-7-24-16)14-4-11(37-39(33)41)13(36-14)6-34-40(42,43)38-12-3-9(5-31)35-20(12)30-8-26-15-18(30)27-21(23)28-19(15)32/h1-2,7-9,11-14,20,31H,3-6H2,(H6-,22,23,24,25,27,28,32,33,41,42,43)/p+1/t9-,11-,12+,13+,14+,20+/m0/s1. The summed E-state index contributed by atoms with van der Waals surface area (Å²) in [4.78, 5) is 31.3. The smallest absolute Gasteiger partial charge is 0.394 e.